The lowest BCUT2D eigenvalue weighted by Crippen LogP contribution is -2.37. The van der Waals surface area contributed by atoms with E-state index in [2.05, 4.69) is 36.4 Å². The van der Waals surface area contributed by atoms with Crippen LogP contribution in [0, 0.1) is 0 Å². The Labute approximate surface area is 119 Å². The van der Waals surface area contributed by atoms with E-state index >= 15 is 0 Å². The molecule has 0 saturated carbocycles. The first-order valence-electron chi connectivity index (χ1n) is 6.96. The van der Waals surface area contributed by atoms with E-state index in [0.29, 0.717) is 13.2 Å². The molecule has 3 nitrogen and oxygen atoms in total. The Balaban J connectivity index is 1.67. The van der Waals surface area contributed by atoms with Crippen molar-refractivity contribution in [3.05, 3.63) is 60.2 Å². The maximum atomic E-state index is 6.11. The summed E-state index contributed by atoms with van der Waals surface area (Å²) in [4.78, 5) is 0. The fourth-order valence-electron chi connectivity index (χ4n) is 2.46. The van der Waals surface area contributed by atoms with Crippen molar-refractivity contribution in [1.29, 1.82) is 0 Å². The molecule has 0 radical (unpaired) electrons. The molecule has 20 heavy (non-hydrogen) atoms. The summed E-state index contributed by atoms with van der Waals surface area (Å²) in [5.41, 5.74) is 9.76. The summed E-state index contributed by atoms with van der Waals surface area (Å²) in [7, 11) is 0. The van der Waals surface area contributed by atoms with E-state index in [-0.39, 0.29) is 12.3 Å². The van der Waals surface area contributed by atoms with Crippen LogP contribution in [0.1, 0.15) is 5.56 Å². The van der Waals surface area contributed by atoms with Crippen molar-refractivity contribution in [2.24, 2.45) is 5.73 Å². The highest BCUT2D eigenvalue weighted by molar-refractivity contribution is 5.63. The average molecular weight is 269 g/mol. The lowest BCUT2D eigenvalue weighted by atomic mass is 10.0. The fraction of sp³-hybridized carbons (Fsp3) is 0.294. The second kappa shape index (κ2) is 6.18. The first-order valence-corrected chi connectivity index (χ1v) is 6.96. The van der Waals surface area contributed by atoms with Gasteiger partial charge in [0.15, 0.2) is 6.29 Å². The summed E-state index contributed by atoms with van der Waals surface area (Å²) in [6, 6.07) is 18.7. The SMILES string of the molecule is N[C@@H](Cc1ccc(-c2ccccc2)cc1)C1OCCO1. The molecule has 0 amide bonds. The van der Waals surface area contributed by atoms with Crippen LogP contribution in [0.25, 0.3) is 11.1 Å². The van der Waals surface area contributed by atoms with E-state index in [9.17, 15) is 0 Å². The molecule has 1 saturated heterocycles. The highest BCUT2D eigenvalue weighted by Gasteiger charge is 2.23. The minimum absolute atomic E-state index is 0.111. The first kappa shape index (κ1) is 13.3. The van der Waals surface area contributed by atoms with Crippen molar-refractivity contribution >= 4 is 0 Å². The molecule has 3 heteroatoms. The van der Waals surface area contributed by atoms with Gasteiger partial charge in [0.2, 0.25) is 0 Å². The molecule has 104 valence electrons. The van der Waals surface area contributed by atoms with Crippen LogP contribution in [-0.4, -0.2) is 25.5 Å². The standard InChI is InChI=1S/C17H19NO2/c18-16(17-19-10-11-20-17)12-13-6-8-15(9-7-13)14-4-2-1-3-5-14/h1-9,16-17H,10-12,18H2/t16-/m0/s1. The minimum Gasteiger partial charge on any atom is -0.349 e. The molecule has 1 aliphatic rings. The maximum Gasteiger partial charge on any atom is 0.173 e. The fourth-order valence-corrected chi connectivity index (χ4v) is 2.46. The molecule has 1 heterocycles. The number of hydrogen-bond donors (Lipinski definition) is 1. The normalized spacial score (nSPS) is 17.2. The van der Waals surface area contributed by atoms with E-state index in [1.54, 1.807) is 0 Å². The van der Waals surface area contributed by atoms with Gasteiger partial charge in [-0.2, -0.15) is 0 Å². The molecule has 0 aliphatic carbocycles. The third kappa shape index (κ3) is 3.07. The quantitative estimate of drug-likeness (QED) is 0.928. The van der Waals surface area contributed by atoms with E-state index in [1.807, 2.05) is 18.2 Å². The Bertz CT molecular complexity index is 533. The lowest BCUT2D eigenvalue weighted by Gasteiger charge is -2.17. The summed E-state index contributed by atoms with van der Waals surface area (Å²) in [5, 5.41) is 0. The number of hydrogen-bond acceptors (Lipinski definition) is 3. The molecule has 1 atom stereocenters. The zero-order valence-corrected chi connectivity index (χ0v) is 11.4. The van der Waals surface area contributed by atoms with Crippen LogP contribution in [0.2, 0.25) is 0 Å². The van der Waals surface area contributed by atoms with Gasteiger partial charge in [0.1, 0.15) is 0 Å². The molecule has 0 unspecified atom stereocenters. The average Bonchev–Trinajstić information content (AvgIpc) is 3.03. The van der Waals surface area contributed by atoms with Crippen LogP contribution in [0.15, 0.2) is 54.6 Å². The first-order chi connectivity index (χ1) is 9.83. The van der Waals surface area contributed by atoms with Crippen molar-refractivity contribution in [2.75, 3.05) is 13.2 Å². The molecule has 3 rings (SSSR count). The van der Waals surface area contributed by atoms with Crippen molar-refractivity contribution in [2.45, 2.75) is 18.8 Å². The summed E-state index contributed by atoms with van der Waals surface area (Å²) < 4.78 is 10.9. The zero-order valence-electron chi connectivity index (χ0n) is 11.4. The van der Waals surface area contributed by atoms with Gasteiger partial charge in [0.05, 0.1) is 19.3 Å². The second-order valence-corrected chi connectivity index (χ2v) is 5.04. The van der Waals surface area contributed by atoms with Crippen LogP contribution in [-0.2, 0) is 15.9 Å². The van der Waals surface area contributed by atoms with Crippen molar-refractivity contribution in [3.8, 4) is 11.1 Å². The molecular formula is C17H19NO2. The Morgan fingerprint density at radius 2 is 1.50 bits per heavy atom. The number of ether oxygens (including phenoxy) is 2. The van der Waals surface area contributed by atoms with Crippen molar-refractivity contribution in [1.82, 2.24) is 0 Å². The molecule has 1 aliphatic heterocycles. The molecule has 1 fully saturated rings. The molecule has 2 N–H and O–H groups in total. The molecule has 0 spiro atoms. The van der Waals surface area contributed by atoms with Gasteiger partial charge in [0, 0.05) is 0 Å². The predicted octanol–water partition coefficient (Wildman–Crippen LogP) is 2.60. The molecule has 0 aromatic heterocycles. The highest BCUT2D eigenvalue weighted by Crippen LogP contribution is 2.20. The topological polar surface area (TPSA) is 44.5 Å². The third-order valence-electron chi connectivity index (χ3n) is 3.53. The van der Waals surface area contributed by atoms with Gasteiger partial charge in [-0.15, -0.1) is 0 Å². The number of nitrogens with two attached hydrogens (primary N) is 1. The van der Waals surface area contributed by atoms with Crippen molar-refractivity contribution in [3.63, 3.8) is 0 Å². The van der Waals surface area contributed by atoms with Crippen LogP contribution in [0.5, 0.6) is 0 Å². The zero-order chi connectivity index (χ0) is 13.8. The number of rotatable bonds is 4. The van der Waals surface area contributed by atoms with Crippen molar-refractivity contribution < 1.29 is 9.47 Å². The van der Waals surface area contributed by atoms with Gasteiger partial charge in [-0.25, -0.2) is 0 Å². The Morgan fingerprint density at radius 3 is 2.15 bits per heavy atom. The number of benzene rings is 2. The van der Waals surface area contributed by atoms with Crippen LogP contribution >= 0.6 is 0 Å². The molecule has 2 aromatic carbocycles. The highest BCUT2D eigenvalue weighted by atomic mass is 16.7. The summed E-state index contributed by atoms with van der Waals surface area (Å²) in [6.45, 7) is 1.29. The van der Waals surface area contributed by atoms with Gasteiger partial charge in [-0.1, -0.05) is 54.6 Å². The van der Waals surface area contributed by atoms with Crippen LogP contribution in [0.3, 0.4) is 0 Å². The van der Waals surface area contributed by atoms with Gasteiger partial charge >= 0.3 is 0 Å². The molecule has 2 aromatic rings. The molecule has 0 bridgehead atoms. The van der Waals surface area contributed by atoms with Gasteiger partial charge in [-0.05, 0) is 23.1 Å². The van der Waals surface area contributed by atoms with E-state index in [1.165, 1.54) is 16.7 Å². The second-order valence-electron chi connectivity index (χ2n) is 5.04. The van der Waals surface area contributed by atoms with Gasteiger partial charge < -0.3 is 15.2 Å². The van der Waals surface area contributed by atoms with E-state index in [0.717, 1.165) is 6.42 Å². The smallest absolute Gasteiger partial charge is 0.173 e. The van der Waals surface area contributed by atoms with E-state index < -0.39 is 0 Å². The Hall–Kier alpha value is -1.68. The predicted molar refractivity (Wildman–Crippen MR) is 79.2 cm³/mol. The minimum atomic E-state index is -0.260. The van der Waals surface area contributed by atoms with E-state index in [4.69, 9.17) is 15.2 Å². The Kier molecular flexibility index (Phi) is 4.11. The van der Waals surface area contributed by atoms with Crippen LogP contribution < -0.4 is 5.73 Å². The summed E-state index contributed by atoms with van der Waals surface area (Å²) in [5.74, 6) is 0. The largest absolute Gasteiger partial charge is 0.349 e. The van der Waals surface area contributed by atoms with Gasteiger partial charge in [-0.3, -0.25) is 0 Å². The monoisotopic (exact) mass is 269 g/mol. The third-order valence-corrected chi connectivity index (χ3v) is 3.53. The lowest BCUT2D eigenvalue weighted by molar-refractivity contribution is -0.0585. The Morgan fingerprint density at radius 1 is 0.900 bits per heavy atom. The molecular weight excluding hydrogens is 250 g/mol. The van der Waals surface area contributed by atoms with Gasteiger partial charge in [0.25, 0.3) is 0 Å². The van der Waals surface area contributed by atoms with Crippen LogP contribution in [0.4, 0.5) is 0 Å². The summed E-state index contributed by atoms with van der Waals surface area (Å²) in [6.07, 6.45) is 0.503. The summed E-state index contributed by atoms with van der Waals surface area (Å²) >= 11 is 0. The maximum absolute atomic E-state index is 6.11.